The first-order valence-corrected chi connectivity index (χ1v) is 16.6. The maximum atomic E-state index is 13.7. The second-order valence-electron chi connectivity index (χ2n) is 11.6. The number of amides is 3. The number of nitrogens with two attached hydrogens (primary N) is 3. The van der Waals surface area contributed by atoms with Crippen LogP contribution in [0, 0.1) is 10.8 Å². The first-order valence-electron chi connectivity index (χ1n) is 16.2. The lowest BCUT2D eigenvalue weighted by Crippen LogP contribution is -2.56. The Labute approximate surface area is 292 Å². The Morgan fingerprint density at radius 1 is 0.612 bits per heavy atom. The average Bonchev–Trinajstić information content (AvgIpc) is 3.08. The second-order valence-corrected chi connectivity index (χ2v) is 12.1. The van der Waals surface area contributed by atoms with Gasteiger partial charge in [-0.2, -0.15) is 0 Å². The van der Waals surface area contributed by atoms with Crippen molar-refractivity contribution in [2.75, 3.05) is 19.6 Å². The highest BCUT2D eigenvalue weighted by atomic mass is 35.5. The van der Waals surface area contributed by atoms with Crippen molar-refractivity contribution in [2.24, 2.45) is 17.2 Å². The van der Waals surface area contributed by atoms with Crippen molar-refractivity contribution in [1.29, 1.82) is 10.8 Å². The molecule has 14 heteroatoms. The number of benzene rings is 3. The number of guanidine groups is 2. The van der Waals surface area contributed by atoms with Gasteiger partial charge in [-0.05, 0) is 66.5 Å². The summed E-state index contributed by atoms with van der Waals surface area (Å²) in [6.45, 7) is 1.16. The molecule has 0 unspecified atom stereocenters. The minimum atomic E-state index is -1.01. The van der Waals surface area contributed by atoms with Crippen molar-refractivity contribution >= 4 is 41.2 Å². The molecule has 0 spiro atoms. The number of carbonyl (C=O) groups excluding carboxylic acids is 3. The molecular formula is C35H47ClN10O3. The zero-order valence-electron chi connectivity index (χ0n) is 27.4. The summed E-state index contributed by atoms with van der Waals surface area (Å²) in [5.74, 6) is -1.77. The number of unbranched alkanes of at least 4 members (excludes halogenated alkanes) is 1. The quantitative estimate of drug-likeness (QED) is 0.0504. The van der Waals surface area contributed by atoms with Crippen molar-refractivity contribution in [3.05, 3.63) is 95.0 Å². The summed E-state index contributed by atoms with van der Waals surface area (Å²) in [5, 5.41) is 29.1. The Hall–Kier alpha value is -5.14. The summed E-state index contributed by atoms with van der Waals surface area (Å²) < 4.78 is 0. The number of nitrogens with one attached hydrogen (secondary N) is 7. The lowest BCUT2D eigenvalue weighted by Gasteiger charge is -2.24. The van der Waals surface area contributed by atoms with Gasteiger partial charge in [-0.3, -0.25) is 25.2 Å². The van der Waals surface area contributed by atoms with E-state index in [-0.39, 0.29) is 37.1 Å². The molecule has 0 bridgehead atoms. The van der Waals surface area contributed by atoms with Crippen LogP contribution in [0.15, 0.2) is 78.9 Å². The molecule has 3 aromatic rings. The van der Waals surface area contributed by atoms with Gasteiger partial charge in [0.25, 0.3) is 0 Å². The molecule has 0 aromatic heterocycles. The Morgan fingerprint density at radius 3 is 1.73 bits per heavy atom. The van der Waals surface area contributed by atoms with Crippen molar-refractivity contribution < 1.29 is 14.4 Å². The van der Waals surface area contributed by atoms with Crippen molar-refractivity contribution in [2.45, 2.75) is 56.7 Å². The third-order valence-electron chi connectivity index (χ3n) is 7.68. The molecule has 0 saturated carbocycles. The molecule has 0 aliphatic heterocycles. The van der Waals surface area contributed by atoms with E-state index in [1.807, 2.05) is 54.6 Å². The number of carbonyl (C=O) groups is 3. The Bertz CT molecular complexity index is 1520. The van der Waals surface area contributed by atoms with Crippen LogP contribution in [-0.4, -0.2) is 67.4 Å². The predicted molar refractivity (Wildman–Crippen MR) is 194 cm³/mol. The van der Waals surface area contributed by atoms with Crippen LogP contribution in [0.25, 0.3) is 11.1 Å². The lowest BCUT2D eigenvalue weighted by molar-refractivity contribution is -0.132. The van der Waals surface area contributed by atoms with Gasteiger partial charge in [0.15, 0.2) is 11.9 Å². The second kappa shape index (κ2) is 20.3. The van der Waals surface area contributed by atoms with Crippen LogP contribution in [0.5, 0.6) is 0 Å². The van der Waals surface area contributed by atoms with Gasteiger partial charge >= 0.3 is 0 Å². The maximum absolute atomic E-state index is 13.7. The molecule has 13 N–H and O–H groups in total. The number of rotatable bonds is 19. The van der Waals surface area contributed by atoms with Crippen LogP contribution < -0.4 is 43.8 Å². The van der Waals surface area contributed by atoms with E-state index >= 15 is 0 Å². The summed E-state index contributed by atoms with van der Waals surface area (Å²) in [6, 6.07) is 21.8. The maximum Gasteiger partial charge on any atom is 0.243 e. The molecule has 0 fully saturated rings. The number of halogens is 1. The van der Waals surface area contributed by atoms with Gasteiger partial charge in [0, 0.05) is 31.1 Å². The highest BCUT2D eigenvalue weighted by Gasteiger charge is 2.28. The SMILES string of the molecule is N=C(N)NCCCCNC(=O)[C@H](Cc1ccc(Cl)cc1)NC(=O)[C@H](CCCNC(=N)N)NC(=O)[C@@H](N)Cc1ccc(-c2ccccc2)cc1. The highest BCUT2D eigenvalue weighted by molar-refractivity contribution is 6.30. The topological polar surface area (TPSA) is 237 Å². The molecule has 3 aromatic carbocycles. The summed E-state index contributed by atoms with van der Waals surface area (Å²) in [7, 11) is 0. The van der Waals surface area contributed by atoms with E-state index in [1.165, 1.54) is 0 Å². The Morgan fingerprint density at radius 2 is 1.12 bits per heavy atom. The van der Waals surface area contributed by atoms with Crippen LogP contribution in [0.1, 0.15) is 36.8 Å². The molecule has 0 radical (unpaired) electrons. The standard InChI is InChI=1S/C35H47ClN10O3/c36-27-16-12-24(13-17-27)22-30(32(48)42-18-4-5-19-43-34(38)39)46-33(49)29(9-6-20-44-35(40)41)45-31(47)28(37)21-23-10-14-26(15-11-23)25-7-2-1-3-8-25/h1-3,7-8,10-17,28-30H,4-6,9,18-22,37H2,(H,42,48)(H,45,47)(H,46,49)(H4,38,39,43)(H4,40,41,44)/t28-,29-,30-/m0/s1. The van der Waals surface area contributed by atoms with Crippen LogP contribution in [0.3, 0.4) is 0 Å². The third-order valence-corrected chi connectivity index (χ3v) is 7.93. The van der Waals surface area contributed by atoms with Crippen LogP contribution in [-0.2, 0) is 27.2 Å². The van der Waals surface area contributed by atoms with Gasteiger partial charge in [0.2, 0.25) is 17.7 Å². The molecule has 262 valence electrons. The van der Waals surface area contributed by atoms with Gasteiger partial charge in [-0.1, -0.05) is 78.3 Å². The van der Waals surface area contributed by atoms with Gasteiger partial charge in [0.1, 0.15) is 12.1 Å². The fourth-order valence-corrected chi connectivity index (χ4v) is 5.16. The first kappa shape index (κ1) is 38.3. The van der Waals surface area contributed by atoms with E-state index in [4.69, 9.17) is 39.6 Å². The van der Waals surface area contributed by atoms with E-state index in [1.54, 1.807) is 24.3 Å². The Kier molecular flexibility index (Phi) is 15.9. The summed E-state index contributed by atoms with van der Waals surface area (Å²) >= 11 is 6.05. The average molecular weight is 691 g/mol. The van der Waals surface area contributed by atoms with Crippen LogP contribution in [0.4, 0.5) is 0 Å². The van der Waals surface area contributed by atoms with Crippen molar-refractivity contribution in [3.63, 3.8) is 0 Å². The molecular weight excluding hydrogens is 644 g/mol. The van der Waals surface area contributed by atoms with Crippen molar-refractivity contribution in [1.82, 2.24) is 26.6 Å². The van der Waals surface area contributed by atoms with Gasteiger partial charge in [-0.15, -0.1) is 0 Å². The van der Waals surface area contributed by atoms with E-state index in [2.05, 4.69) is 26.6 Å². The van der Waals surface area contributed by atoms with Crippen LogP contribution >= 0.6 is 11.6 Å². The molecule has 13 nitrogen and oxygen atoms in total. The zero-order chi connectivity index (χ0) is 35.6. The molecule has 0 heterocycles. The monoisotopic (exact) mass is 690 g/mol. The summed E-state index contributed by atoms with van der Waals surface area (Å²) in [6.07, 6.45) is 2.35. The summed E-state index contributed by atoms with van der Waals surface area (Å²) in [5.41, 5.74) is 20.8. The zero-order valence-corrected chi connectivity index (χ0v) is 28.2. The van der Waals surface area contributed by atoms with E-state index < -0.39 is 29.9 Å². The lowest BCUT2D eigenvalue weighted by atomic mass is 10.00. The third kappa shape index (κ3) is 14.3. The van der Waals surface area contributed by atoms with Gasteiger partial charge in [0.05, 0.1) is 6.04 Å². The van der Waals surface area contributed by atoms with Gasteiger partial charge < -0.3 is 43.8 Å². The fourth-order valence-electron chi connectivity index (χ4n) is 5.03. The summed E-state index contributed by atoms with van der Waals surface area (Å²) in [4.78, 5) is 40.3. The van der Waals surface area contributed by atoms with E-state index in [0.717, 1.165) is 22.3 Å². The molecule has 0 aliphatic rings. The predicted octanol–water partition coefficient (Wildman–Crippen LogP) is 1.73. The molecule has 0 saturated heterocycles. The molecule has 49 heavy (non-hydrogen) atoms. The molecule has 3 rings (SSSR count). The number of hydrogen-bond donors (Lipinski definition) is 10. The Balaban J connectivity index is 1.68. The normalized spacial score (nSPS) is 12.5. The van der Waals surface area contributed by atoms with E-state index in [0.29, 0.717) is 43.9 Å². The fraction of sp³-hybridized carbons (Fsp3) is 0.343. The van der Waals surface area contributed by atoms with Crippen molar-refractivity contribution in [3.8, 4) is 11.1 Å². The minimum absolute atomic E-state index is 0.119. The highest BCUT2D eigenvalue weighted by Crippen LogP contribution is 2.20. The molecule has 3 atom stereocenters. The number of hydrogen-bond acceptors (Lipinski definition) is 6. The first-order chi connectivity index (χ1) is 23.5. The van der Waals surface area contributed by atoms with Crippen LogP contribution in [0.2, 0.25) is 5.02 Å². The smallest absolute Gasteiger partial charge is 0.243 e. The van der Waals surface area contributed by atoms with E-state index in [9.17, 15) is 14.4 Å². The largest absolute Gasteiger partial charge is 0.370 e. The van der Waals surface area contributed by atoms with Gasteiger partial charge in [-0.25, -0.2) is 0 Å². The molecule has 3 amide bonds. The molecule has 0 aliphatic carbocycles. The minimum Gasteiger partial charge on any atom is -0.370 e.